The maximum atomic E-state index is 10.9. The van der Waals surface area contributed by atoms with Gasteiger partial charge in [-0.05, 0) is 38.8 Å². The summed E-state index contributed by atoms with van der Waals surface area (Å²) in [5.41, 5.74) is 0. The van der Waals surface area contributed by atoms with Crippen molar-refractivity contribution in [2.45, 2.75) is 58.4 Å². The Labute approximate surface area is 98.8 Å². The fourth-order valence-corrected chi connectivity index (χ4v) is 2.69. The third-order valence-corrected chi connectivity index (χ3v) is 3.64. The molecule has 1 aliphatic rings. The standard InChI is InChI=1S/C13H25NO2/c1-3-5-12(6-4-2)14-9-7-11(8-10-14)13(15)16/h11-12H,3-10H2,1-2H3,(H,15,16). The van der Waals surface area contributed by atoms with E-state index >= 15 is 0 Å². The van der Waals surface area contributed by atoms with E-state index in [-0.39, 0.29) is 5.92 Å². The van der Waals surface area contributed by atoms with E-state index in [1.807, 2.05) is 0 Å². The van der Waals surface area contributed by atoms with Crippen molar-refractivity contribution in [3.63, 3.8) is 0 Å². The van der Waals surface area contributed by atoms with E-state index in [2.05, 4.69) is 18.7 Å². The van der Waals surface area contributed by atoms with Crippen molar-refractivity contribution in [2.24, 2.45) is 5.92 Å². The minimum atomic E-state index is -0.609. The van der Waals surface area contributed by atoms with E-state index in [0.717, 1.165) is 25.9 Å². The quantitative estimate of drug-likeness (QED) is 0.758. The summed E-state index contributed by atoms with van der Waals surface area (Å²) >= 11 is 0. The monoisotopic (exact) mass is 227 g/mol. The summed E-state index contributed by atoms with van der Waals surface area (Å²) in [5, 5.41) is 8.95. The first-order chi connectivity index (χ1) is 7.69. The molecule has 0 aliphatic carbocycles. The first kappa shape index (κ1) is 13.5. The number of nitrogens with zero attached hydrogens (tertiary/aromatic N) is 1. The van der Waals surface area contributed by atoms with E-state index in [1.165, 1.54) is 25.7 Å². The lowest BCUT2D eigenvalue weighted by Gasteiger charge is -2.36. The number of carboxylic acids is 1. The van der Waals surface area contributed by atoms with Crippen molar-refractivity contribution < 1.29 is 9.90 Å². The molecule has 0 radical (unpaired) electrons. The second kappa shape index (κ2) is 6.89. The van der Waals surface area contributed by atoms with Gasteiger partial charge in [-0.2, -0.15) is 0 Å². The fraction of sp³-hybridized carbons (Fsp3) is 0.923. The molecule has 94 valence electrons. The van der Waals surface area contributed by atoms with Crippen LogP contribution in [-0.4, -0.2) is 35.1 Å². The predicted octanol–water partition coefficient (Wildman–Crippen LogP) is 2.75. The summed E-state index contributed by atoms with van der Waals surface area (Å²) in [6, 6.07) is 0.685. The zero-order valence-corrected chi connectivity index (χ0v) is 10.6. The first-order valence-corrected chi connectivity index (χ1v) is 6.65. The second-order valence-corrected chi connectivity index (χ2v) is 4.88. The van der Waals surface area contributed by atoms with Crippen LogP contribution in [-0.2, 0) is 4.79 Å². The Balaban J connectivity index is 2.40. The maximum Gasteiger partial charge on any atom is 0.306 e. The van der Waals surface area contributed by atoms with Crippen molar-refractivity contribution in [1.29, 1.82) is 0 Å². The molecule has 0 aromatic rings. The van der Waals surface area contributed by atoms with Crippen LogP contribution in [0.25, 0.3) is 0 Å². The van der Waals surface area contributed by atoms with Gasteiger partial charge in [0.25, 0.3) is 0 Å². The van der Waals surface area contributed by atoms with Crippen LogP contribution in [0, 0.1) is 5.92 Å². The van der Waals surface area contributed by atoms with Crippen molar-refractivity contribution in [3.05, 3.63) is 0 Å². The Morgan fingerprint density at radius 2 is 1.75 bits per heavy atom. The van der Waals surface area contributed by atoms with Crippen LogP contribution in [0.15, 0.2) is 0 Å². The molecule has 0 amide bonds. The third-order valence-electron chi connectivity index (χ3n) is 3.64. The highest BCUT2D eigenvalue weighted by Gasteiger charge is 2.27. The van der Waals surface area contributed by atoms with Crippen LogP contribution in [0.5, 0.6) is 0 Å². The molecule has 0 bridgehead atoms. The molecule has 3 heteroatoms. The lowest BCUT2D eigenvalue weighted by molar-refractivity contribution is -0.143. The van der Waals surface area contributed by atoms with Gasteiger partial charge in [-0.25, -0.2) is 0 Å². The van der Waals surface area contributed by atoms with E-state index in [1.54, 1.807) is 0 Å². The molecule has 1 rings (SSSR count). The lowest BCUT2D eigenvalue weighted by atomic mass is 9.94. The number of aliphatic carboxylic acids is 1. The molecule has 0 spiro atoms. The molecule has 1 N–H and O–H groups in total. The molecular formula is C13H25NO2. The topological polar surface area (TPSA) is 40.5 Å². The van der Waals surface area contributed by atoms with Crippen molar-refractivity contribution in [1.82, 2.24) is 4.90 Å². The van der Waals surface area contributed by atoms with Gasteiger partial charge in [0.15, 0.2) is 0 Å². The van der Waals surface area contributed by atoms with Crippen LogP contribution in [0.3, 0.4) is 0 Å². The number of hydrogen-bond acceptors (Lipinski definition) is 2. The Morgan fingerprint density at radius 1 is 1.25 bits per heavy atom. The maximum absolute atomic E-state index is 10.9. The van der Waals surface area contributed by atoms with E-state index in [0.29, 0.717) is 6.04 Å². The van der Waals surface area contributed by atoms with Crippen LogP contribution < -0.4 is 0 Å². The molecule has 1 heterocycles. The zero-order valence-electron chi connectivity index (χ0n) is 10.6. The molecule has 1 saturated heterocycles. The molecule has 0 atom stereocenters. The fourth-order valence-electron chi connectivity index (χ4n) is 2.69. The minimum absolute atomic E-state index is 0.0971. The summed E-state index contributed by atoms with van der Waals surface area (Å²) in [7, 11) is 0. The zero-order chi connectivity index (χ0) is 12.0. The first-order valence-electron chi connectivity index (χ1n) is 6.65. The van der Waals surface area contributed by atoms with Crippen molar-refractivity contribution in [2.75, 3.05) is 13.1 Å². The number of carbonyl (C=O) groups is 1. The molecule has 0 aromatic carbocycles. The minimum Gasteiger partial charge on any atom is -0.481 e. The summed E-state index contributed by atoms with van der Waals surface area (Å²) in [6.07, 6.45) is 6.63. The molecule has 0 saturated carbocycles. The highest BCUT2D eigenvalue weighted by atomic mass is 16.4. The summed E-state index contributed by atoms with van der Waals surface area (Å²) in [4.78, 5) is 13.4. The van der Waals surface area contributed by atoms with E-state index in [9.17, 15) is 4.79 Å². The Hall–Kier alpha value is -0.570. The number of rotatable bonds is 6. The summed E-state index contributed by atoms with van der Waals surface area (Å²) < 4.78 is 0. The SMILES string of the molecule is CCCC(CCC)N1CCC(C(=O)O)CC1. The van der Waals surface area contributed by atoms with Crippen molar-refractivity contribution >= 4 is 5.97 Å². The van der Waals surface area contributed by atoms with Gasteiger partial charge in [0.1, 0.15) is 0 Å². The number of likely N-dealkylation sites (tertiary alicyclic amines) is 1. The molecule has 0 aromatic heterocycles. The summed E-state index contributed by atoms with van der Waals surface area (Å²) in [5.74, 6) is -0.706. The van der Waals surface area contributed by atoms with Crippen LogP contribution >= 0.6 is 0 Å². The lowest BCUT2D eigenvalue weighted by Crippen LogP contribution is -2.42. The largest absolute Gasteiger partial charge is 0.481 e. The van der Waals surface area contributed by atoms with Gasteiger partial charge < -0.3 is 10.0 Å². The highest BCUT2D eigenvalue weighted by Crippen LogP contribution is 2.22. The van der Waals surface area contributed by atoms with Gasteiger partial charge in [-0.3, -0.25) is 4.79 Å². The van der Waals surface area contributed by atoms with Crippen molar-refractivity contribution in [3.8, 4) is 0 Å². The molecule has 3 nitrogen and oxygen atoms in total. The Morgan fingerprint density at radius 3 is 2.12 bits per heavy atom. The van der Waals surface area contributed by atoms with Crippen LogP contribution in [0.1, 0.15) is 52.4 Å². The Kier molecular flexibility index (Phi) is 5.81. The van der Waals surface area contributed by atoms with Gasteiger partial charge in [-0.15, -0.1) is 0 Å². The predicted molar refractivity (Wildman–Crippen MR) is 65.5 cm³/mol. The van der Waals surface area contributed by atoms with E-state index < -0.39 is 5.97 Å². The van der Waals surface area contributed by atoms with Crippen LogP contribution in [0.4, 0.5) is 0 Å². The average Bonchev–Trinajstić information content (AvgIpc) is 2.29. The number of hydrogen-bond donors (Lipinski definition) is 1. The molecule has 16 heavy (non-hydrogen) atoms. The van der Waals surface area contributed by atoms with Gasteiger partial charge >= 0.3 is 5.97 Å². The van der Waals surface area contributed by atoms with Gasteiger partial charge in [0, 0.05) is 6.04 Å². The number of piperidine rings is 1. The van der Waals surface area contributed by atoms with Gasteiger partial charge in [-0.1, -0.05) is 26.7 Å². The van der Waals surface area contributed by atoms with Gasteiger partial charge in [0.2, 0.25) is 0 Å². The number of carboxylic acid groups (broad SMARTS) is 1. The smallest absolute Gasteiger partial charge is 0.306 e. The Bertz CT molecular complexity index is 204. The molecule has 0 unspecified atom stereocenters. The third kappa shape index (κ3) is 3.78. The van der Waals surface area contributed by atoms with E-state index in [4.69, 9.17) is 5.11 Å². The molecule has 1 aliphatic heterocycles. The molecular weight excluding hydrogens is 202 g/mol. The second-order valence-electron chi connectivity index (χ2n) is 4.88. The van der Waals surface area contributed by atoms with Crippen LogP contribution in [0.2, 0.25) is 0 Å². The highest BCUT2D eigenvalue weighted by molar-refractivity contribution is 5.70. The summed E-state index contributed by atoms with van der Waals surface area (Å²) in [6.45, 7) is 6.41. The average molecular weight is 227 g/mol. The normalized spacial score (nSPS) is 19.2. The van der Waals surface area contributed by atoms with Gasteiger partial charge in [0.05, 0.1) is 5.92 Å². The molecule has 1 fully saturated rings.